The monoisotopic (exact) mass is 390 g/mol. The first-order valence-corrected chi connectivity index (χ1v) is 10.4. The number of guanidine groups is 1. The van der Waals surface area contributed by atoms with E-state index in [-0.39, 0.29) is 5.41 Å². The molecular weight excluding hydrogens is 360 g/mol. The second kappa shape index (κ2) is 8.84. The summed E-state index contributed by atoms with van der Waals surface area (Å²) >= 11 is 1.70. The van der Waals surface area contributed by atoms with Crippen molar-refractivity contribution in [3.63, 3.8) is 0 Å². The fourth-order valence-electron chi connectivity index (χ4n) is 2.96. The Morgan fingerprint density at radius 2 is 2.07 bits per heavy atom. The zero-order chi connectivity index (χ0) is 19.3. The summed E-state index contributed by atoms with van der Waals surface area (Å²) < 4.78 is 4.92. The third kappa shape index (κ3) is 5.52. The number of aliphatic imine (C=N–C) groups is 1. The van der Waals surface area contributed by atoms with Crippen molar-refractivity contribution < 1.29 is 4.52 Å². The summed E-state index contributed by atoms with van der Waals surface area (Å²) in [7, 11) is 0. The summed E-state index contributed by atoms with van der Waals surface area (Å²) in [5.74, 6) is 0.978. The van der Waals surface area contributed by atoms with Crippen LogP contribution in [0.1, 0.15) is 44.1 Å². The number of nitrogens with zero attached hydrogens (tertiary/aromatic N) is 5. The topological polar surface area (TPSA) is 69.8 Å². The number of piperazine rings is 1. The van der Waals surface area contributed by atoms with Gasteiger partial charge in [0.1, 0.15) is 11.3 Å². The van der Waals surface area contributed by atoms with Crippen LogP contribution in [0.25, 0.3) is 0 Å². The molecule has 0 bridgehead atoms. The molecule has 8 heteroatoms. The maximum atomic E-state index is 4.92. The summed E-state index contributed by atoms with van der Waals surface area (Å²) in [4.78, 5) is 14.3. The van der Waals surface area contributed by atoms with Crippen LogP contribution in [0.3, 0.4) is 0 Å². The Morgan fingerprint density at radius 3 is 2.67 bits per heavy atom. The highest BCUT2D eigenvalue weighted by Gasteiger charge is 2.21. The average molecular weight is 391 g/mol. The van der Waals surface area contributed by atoms with Crippen molar-refractivity contribution in [3.05, 3.63) is 34.1 Å². The molecule has 1 fully saturated rings. The molecular formula is C19H30N6OS. The van der Waals surface area contributed by atoms with E-state index in [1.54, 1.807) is 17.6 Å². The lowest BCUT2D eigenvalue weighted by atomic mass is 9.93. The minimum Gasteiger partial charge on any atom is -0.364 e. The van der Waals surface area contributed by atoms with E-state index in [0.717, 1.165) is 61.6 Å². The molecule has 2 aromatic heterocycles. The van der Waals surface area contributed by atoms with Gasteiger partial charge in [-0.3, -0.25) is 4.90 Å². The fourth-order valence-corrected chi connectivity index (χ4v) is 3.91. The molecule has 0 unspecified atom stereocenters. The van der Waals surface area contributed by atoms with Crippen LogP contribution in [0.15, 0.2) is 27.2 Å². The van der Waals surface area contributed by atoms with E-state index in [0.29, 0.717) is 6.54 Å². The molecule has 1 N–H and O–H groups in total. The van der Waals surface area contributed by atoms with Gasteiger partial charge in [-0.05, 0) is 6.92 Å². The van der Waals surface area contributed by atoms with Crippen LogP contribution in [0, 0.1) is 0 Å². The van der Waals surface area contributed by atoms with Crippen LogP contribution >= 0.6 is 11.3 Å². The van der Waals surface area contributed by atoms with E-state index in [4.69, 9.17) is 14.5 Å². The maximum absolute atomic E-state index is 4.92. The summed E-state index contributed by atoms with van der Waals surface area (Å²) in [5.41, 5.74) is 2.22. The Labute approximate surface area is 165 Å². The molecule has 1 saturated heterocycles. The average Bonchev–Trinajstić information content (AvgIpc) is 3.31. The number of hydrogen-bond donors (Lipinski definition) is 1. The van der Waals surface area contributed by atoms with E-state index in [2.05, 4.69) is 53.3 Å². The third-order valence-corrected chi connectivity index (χ3v) is 5.40. The van der Waals surface area contributed by atoms with E-state index in [1.165, 1.54) is 0 Å². The highest BCUT2D eigenvalue weighted by molar-refractivity contribution is 7.09. The highest BCUT2D eigenvalue weighted by atomic mass is 32.1. The Morgan fingerprint density at radius 1 is 1.30 bits per heavy atom. The van der Waals surface area contributed by atoms with Crippen molar-refractivity contribution in [3.8, 4) is 0 Å². The van der Waals surface area contributed by atoms with Crippen molar-refractivity contribution in [2.24, 2.45) is 4.99 Å². The summed E-state index contributed by atoms with van der Waals surface area (Å²) in [6.07, 6.45) is 1.63. The number of hydrogen-bond acceptors (Lipinski definition) is 6. The summed E-state index contributed by atoms with van der Waals surface area (Å²) in [5, 5.41) is 10.7. The second-order valence-corrected chi connectivity index (χ2v) is 8.74. The van der Waals surface area contributed by atoms with Gasteiger partial charge in [0.2, 0.25) is 0 Å². The first kappa shape index (κ1) is 19.8. The van der Waals surface area contributed by atoms with Gasteiger partial charge in [-0.1, -0.05) is 25.9 Å². The van der Waals surface area contributed by atoms with Crippen LogP contribution < -0.4 is 5.32 Å². The lowest BCUT2D eigenvalue weighted by Crippen LogP contribution is -2.52. The molecule has 7 nitrogen and oxygen atoms in total. The Hall–Kier alpha value is -1.93. The molecule has 0 aliphatic carbocycles. The van der Waals surface area contributed by atoms with E-state index in [1.807, 2.05) is 6.07 Å². The molecule has 148 valence electrons. The predicted octanol–water partition coefficient (Wildman–Crippen LogP) is 2.71. The third-order valence-electron chi connectivity index (χ3n) is 4.57. The van der Waals surface area contributed by atoms with Gasteiger partial charge in [-0.2, -0.15) is 0 Å². The van der Waals surface area contributed by atoms with Crippen LogP contribution in [0.4, 0.5) is 0 Å². The number of thiazole rings is 1. The van der Waals surface area contributed by atoms with E-state index < -0.39 is 0 Å². The van der Waals surface area contributed by atoms with Gasteiger partial charge in [0.05, 0.1) is 17.9 Å². The zero-order valence-electron chi connectivity index (χ0n) is 16.7. The van der Waals surface area contributed by atoms with Crippen molar-refractivity contribution in [2.45, 2.75) is 46.2 Å². The number of aromatic nitrogens is 2. The maximum Gasteiger partial charge on any atom is 0.194 e. The number of rotatable bonds is 5. The Balaban J connectivity index is 1.57. The molecule has 3 heterocycles. The summed E-state index contributed by atoms with van der Waals surface area (Å²) in [6, 6.07) is 1.93. The van der Waals surface area contributed by atoms with Gasteiger partial charge in [-0.15, -0.1) is 11.3 Å². The van der Waals surface area contributed by atoms with Gasteiger partial charge in [0.15, 0.2) is 5.96 Å². The Bertz CT molecular complexity index is 726. The quantitative estimate of drug-likeness (QED) is 0.625. The highest BCUT2D eigenvalue weighted by Crippen LogP contribution is 2.24. The van der Waals surface area contributed by atoms with Gasteiger partial charge in [-0.25, -0.2) is 9.98 Å². The predicted molar refractivity (Wildman–Crippen MR) is 109 cm³/mol. The van der Waals surface area contributed by atoms with Crippen LogP contribution in [0.5, 0.6) is 0 Å². The molecule has 0 radical (unpaired) electrons. The Kier molecular flexibility index (Phi) is 6.49. The molecule has 0 atom stereocenters. The zero-order valence-corrected chi connectivity index (χ0v) is 17.6. The molecule has 0 spiro atoms. The molecule has 0 aromatic carbocycles. The van der Waals surface area contributed by atoms with Gasteiger partial charge in [0, 0.05) is 56.1 Å². The normalized spacial score (nSPS) is 16.7. The van der Waals surface area contributed by atoms with Crippen molar-refractivity contribution >= 4 is 17.3 Å². The lowest BCUT2D eigenvalue weighted by molar-refractivity contribution is 0.169. The number of nitrogens with one attached hydrogen (secondary N) is 1. The van der Waals surface area contributed by atoms with Crippen molar-refractivity contribution in [2.75, 3.05) is 32.7 Å². The largest absolute Gasteiger partial charge is 0.364 e. The first-order valence-electron chi connectivity index (χ1n) is 9.55. The first-order chi connectivity index (χ1) is 13.0. The van der Waals surface area contributed by atoms with Crippen LogP contribution in [0.2, 0.25) is 0 Å². The molecule has 1 aliphatic rings. The summed E-state index contributed by atoms with van der Waals surface area (Å²) in [6.45, 7) is 14.9. The smallest absolute Gasteiger partial charge is 0.194 e. The SMILES string of the molecule is CCNC(=NCc1nc(C(C)(C)C)cs1)N1CCN(Cc2ccon2)CC1. The molecule has 1 aliphatic heterocycles. The van der Waals surface area contributed by atoms with Crippen LogP contribution in [-0.2, 0) is 18.5 Å². The van der Waals surface area contributed by atoms with Gasteiger partial charge in [0.25, 0.3) is 0 Å². The van der Waals surface area contributed by atoms with E-state index in [9.17, 15) is 0 Å². The fraction of sp³-hybridized carbons (Fsp3) is 0.632. The van der Waals surface area contributed by atoms with Crippen molar-refractivity contribution in [1.82, 2.24) is 25.3 Å². The molecule has 27 heavy (non-hydrogen) atoms. The minimum absolute atomic E-state index is 0.0864. The van der Waals surface area contributed by atoms with E-state index >= 15 is 0 Å². The van der Waals surface area contributed by atoms with Gasteiger partial charge < -0.3 is 14.7 Å². The second-order valence-electron chi connectivity index (χ2n) is 7.80. The van der Waals surface area contributed by atoms with Gasteiger partial charge >= 0.3 is 0 Å². The molecule has 2 aromatic rings. The molecule has 0 saturated carbocycles. The molecule has 3 rings (SSSR count). The van der Waals surface area contributed by atoms with Crippen molar-refractivity contribution in [1.29, 1.82) is 0 Å². The lowest BCUT2D eigenvalue weighted by Gasteiger charge is -2.36. The minimum atomic E-state index is 0.0864. The standard InChI is InChI=1S/C19H30N6OS/c1-5-20-18(21-12-17-22-16(14-27-17)19(2,3)4)25-9-7-24(8-10-25)13-15-6-11-26-23-15/h6,11,14H,5,7-10,12-13H2,1-4H3,(H,20,21). The molecule has 0 amide bonds. The van der Waals surface area contributed by atoms with Crippen LogP contribution in [-0.4, -0.2) is 58.6 Å².